The van der Waals surface area contributed by atoms with Crippen LogP contribution in [0.15, 0.2) is 42.7 Å². The molecule has 0 aliphatic rings. The summed E-state index contributed by atoms with van der Waals surface area (Å²) in [5, 5.41) is 10.9. The summed E-state index contributed by atoms with van der Waals surface area (Å²) in [6.45, 7) is 13.6. The summed E-state index contributed by atoms with van der Waals surface area (Å²) in [5.41, 5.74) is 5.10. The molecule has 0 atom stereocenters. The Labute approximate surface area is 150 Å². The molecule has 0 spiro atoms. The van der Waals surface area contributed by atoms with E-state index in [1.165, 1.54) is 5.56 Å². The van der Waals surface area contributed by atoms with Gasteiger partial charge in [-0.15, -0.1) is 0 Å². The maximum Gasteiger partial charge on any atom is 0.123 e. The average Bonchev–Trinajstić information content (AvgIpc) is 2.90. The van der Waals surface area contributed by atoms with E-state index in [0.717, 1.165) is 28.7 Å². The lowest BCUT2D eigenvalue weighted by atomic mass is 9.78. The third-order valence-electron chi connectivity index (χ3n) is 4.67. The number of hydrogen-bond donors (Lipinski definition) is 1. The van der Waals surface area contributed by atoms with Crippen molar-refractivity contribution in [2.75, 3.05) is 0 Å². The largest absolute Gasteiger partial charge is 0.507 e. The summed E-state index contributed by atoms with van der Waals surface area (Å²) in [6, 6.07) is 12.5. The van der Waals surface area contributed by atoms with E-state index in [-0.39, 0.29) is 10.8 Å². The number of aromatic nitrogens is 2. The molecular formula is C22H28N2O. The number of fused-ring (bicyclic) bond motifs is 1. The second-order valence-corrected chi connectivity index (χ2v) is 8.90. The van der Waals surface area contributed by atoms with Crippen LogP contribution in [0.3, 0.4) is 0 Å². The summed E-state index contributed by atoms with van der Waals surface area (Å²) in [7, 11) is 0. The number of nitrogens with zero attached hydrogens (tertiary/aromatic N) is 2. The minimum atomic E-state index is -0.114. The molecule has 0 aliphatic heterocycles. The molecule has 0 radical (unpaired) electrons. The van der Waals surface area contributed by atoms with Gasteiger partial charge >= 0.3 is 0 Å². The van der Waals surface area contributed by atoms with Gasteiger partial charge in [0.05, 0.1) is 17.4 Å². The zero-order valence-corrected chi connectivity index (χ0v) is 16.1. The Kier molecular flexibility index (Phi) is 4.14. The minimum Gasteiger partial charge on any atom is -0.507 e. The first-order valence-corrected chi connectivity index (χ1v) is 8.84. The lowest BCUT2D eigenvalue weighted by Gasteiger charge is -2.28. The number of aromatic hydroxyl groups is 1. The number of phenols is 1. The van der Waals surface area contributed by atoms with Crippen molar-refractivity contribution in [2.24, 2.45) is 0 Å². The van der Waals surface area contributed by atoms with Gasteiger partial charge in [0.25, 0.3) is 0 Å². The van der Waals surface area contributed by atoms with Crippen molar-refractivity contribution in [1.82, 2.24) is 9.55 Å². The van der Waals surface area contributed by atoms with Crippen LogP contribution in [-0.4, -0.2) is 14.7 Å². The molecule has 2 aromatic carbocycles. The van der Waals surface area contributed by atoms with E-state index in [9.17, 15) is 5.11 Å². The SMILES string of the molecule is CC(C)(C)c1cc(Cn2cnc3ccccc32)cc(C(C)(C)C)c1O. The van der Waals surface area contributed by atoms with E-state index in [1.54, 1.807) is 0 Å². The molecule has 0 amide bonds. The minimum absolute atomic E-state index is 0.114. The zero-order valence-electron chi connectivity index (χ0n) is 16.1. The first-order valence-electron chi connectivity index (χ1n) is 8.84. The third-order valence-corrected chi connectivity index (χ3v) is 4.67. The average molecular weight is 336 g/mol. The van der Waals surface area contributed by atoms with Crippen molar-refractivity contribution >= 4 is 11.0 Å². The van der Waals surface area contributed by atoms with Gasteiger partial charge in [-0.3, -0.25) is 0 Å². The van der Waals surface area contributed by atoms with Gasteiger partial charge in [-0.1, -0.05) is 53.7 Å². The number of hydrogen-bond acceptors (Lipinski definition) is 2. The molecule has 1 N–H and O–H groups in total. The molecule has 0 saturated heterocycles. The Morgan fingerprint density at radius 3 is 2.04 bits per heavy atom. The van der Waals surface area contributed by atoms with Crippen LogP contribution in [0.5, 0.6) is 5.75 Å². The normalized spacial score (nSPS) is 12.7. The van der Waals surface area contributed by atoms with Gasteiger partial charge in [-0.2, -0.15) is 0 Å². The number of para-hydroxylation sites is 2. The highest BCUT2D eigenvalue weighted by Crippen LogP contribution is 2.40. The first kappa shape index (κ1) is 17.5. The Hall–Kier alpha value is -2.29. The van der Waals surface area contributed by atoms with Crippen LogP contribution in [-0.2, 0) is 17.4 Å². The van der Waals surface area contributed by atoms with Crippen molar-refractivity contribution in [3.63, 3.8) is 0 Å². The predicted octanol–water partition coefficient (Wildman–Crippen LogP) is 5.39. The zero-order chi connectivity index (χ0) is 18.4. The van der Waals surface area contributed by atoms with Crippen LogP contribution in [0, 0.1) is 0 Å². The molecule has 0 fully saturated rings. The number of phenolic OH excluding ortho intramolecular Hbond substituents is 1. The van der Waals surface area contributed by atoms with Gasteiger partial charge < -0.3 is 9.67 Å². The molecule has 3 aromatic rings. The van der Waals surface area contributed by atoms with Crippen molar-refractivity contribution < 1.29 is 5.11 Å². The Balaban J connectivity index is 2.13. The van der Waals surface area contributed by atoms with Crippen LogP contribution in [0.1, 0.15) is 58.2 Å². The monoisotopic (exact) mass is 336 g/mol. The van der Waals surface area contributed by atoms with Crippen molar-refractivity contribution in [1.29, 1.82) is 0 Å². The summed E-state index contributed by atoms with van der Waals surface area (Å²) in [6.07, 6.45) is 1.89. The van der Waals surface area contributed by atoms with Crippen LogP contribution in [0.4, 0.5) is 0 Å². The Bertz CT molecular complexity index is 873. The molecular weight excluding hydrogens is 308 g/mol. The lowest BCUT2D eigenvalue weighted by Crippen LogP contribution is -2.18. The van der Waals surface area contributed by atoms with E-state index in [1.807, 2.05) is 24.5 Å². The fourth-order valence-corrected chi connectivity index (χ4v) is 3.26. The lowest BCUT2D eigenvalue weighted by molar-refractivity contribution is 0.422. The quantitative estimate of drug-likeness (QED) is 0.682. The smallest absolute Gasteiger partial charge is 0.123 e. The van der Waals surface area contributed by atoms with E-state index in [4.69, 9.17) is 0 Å². The fourth-order valence-electron chi connectivity index (χ4n) is 3.26. The maximum absolute atomic E-state index is 10.9. The van der Waals surface area contributed by atoms with Gasteiger partial charge in [-0.05, 0) is 51.8 Å². The van der Waals surface area contributed by atoms with E-state index >= 15 is 0 Å². The van der Waals surface area contributed by atoms with Gasteiger partial charge in [-0.25, -0.2) is 4.98 Å². The van der Waals surface area contributed by atoms with Crippen molar-refractivity contribution in [3.8, 4) is 5.75 Å². The van der Waals surface area contributed by atoms with Crippen LogP contribution >= 0.6 is 0 Å². The molecule has 1 heterocycles. The topological polar surface area (TPSA) is 38.0 Å². The van der Waals surface area contributed by atoms with Crippen molar-refractivity contribution in [3.05, 3.63) is 59.4 Å². The van der Waals surface area contributed by atoms with Gasteiger partial charge in [0, 0.05) is 6.54 Å². The highest BCUT2D eigenvalue weighted by Gasteiger charge is 2.26. The second kappa shape index (κ2) is 5.91. The molecule has 1 aromatic heterocycles. The van der Waals surface area contributed by atoms with E-state index < -0.39 is 0 Å². The van der Waals surface area contributed by atoms with Crippen molar-refractivity contribution in [2.45, 2.75) is 58.9 Å². The summed E-state index contributed by atoms with van der Waals surface area (Å²) in [5.74, 6) is 0.430. The summed E-state index contributed by atoms with van der Waals surface area (Å²) < 4.78 is 2.17. The van der Waals surface area contributed by atoms with Crippen LogP contribution < -0.4 is 0 Å². The molecule has 0 saturated carbocycles. The van der Waals surface area contributed by atoms with Crippen LogP contribution in [0.25, 0.3) is 11.0 Å². The van der Waals surface area contributed by atoms with E-state index in [0.29, 0.717) is 5.75 Å². The molecule has 25 heavy (non-hydrogen) atoms. The maximum atomic E-state index is 10.9. The molecule has 132 valence electrons. The second-order valence-electron chi connectivity index (χ2n) is 8.90. The molecule has 0 aliphatic carbocycles. The molecule has 3 rings (SSSR count). The van der Waals surface area contributed by atoms with Gasteiger partial charge in [0.1, 0.15) is 5.75 Å². The van der Waals surface area contributed by atoms with Gasteiger partial charge in [0.2, 0.25) is 0 Å². The summed E-state index contributed by atoms with van der Waals surface area (Å²) in [4.78, 5) is 4.49. The molecule has 0 unspecified atom stereocenters. The molecule has 3 heteroatoms. The van der Waals surface area contributed by atoms with E-state index in [2.05, 4.69) is 69.3 Å². The van der Waals surface area contributed by atoms with Gasteiger partial charge in [0.15, 0.2) is 0 Å². The summed E-state index contributed by atoms with van der Waals surface area (Å²) >= 11 is 0. The first-order chi connectivity index (χ1) is 11.6. The Morgan fingerprint density at radius 2 is 1.48 bits per heavy atom. The number of benzene rings is 2. The number of imidazole rings is 1. The fraction of sp³-hybridized carbons (Fsp3) is 0.409. The molecule has 3 nitrogen and oxygen atoms in total. The Morgan fingerprint density at radius 1 is 0.920 bits per heavy atom. The van der Waals surface area contributed by atoms with Crippen LogP contribution in [0.2, 0.25) is 0 Å². The molecule has 0 bridgehead atoms. The predicted molar refractivity (Wildman–Crippen MR) is 104 cm³/mol. The third kappa shape index (κ3) is 3.41. The highest BCUT2D eigenvalue weighted by atomic mass is 16.3. The number of rotatable bonds is 2. The standard InChI is InChI=1S/C22H28N2O/c1-21(2,3)16-11-15(12-17(20(16)25)22(4,5)6)13-24-14-23-18-9-7-8-10-19(18)24/h7-12,14,25H,13H2,1-6H3. The highest BCUT2D eigenvalue weighted by molar-refractivity contribution is 5.75.